The molecule has 0 spiro atoms. The van der Waals surface area contributed by atoms with Crippen LogP contribution in [-0.4, -0.2) is 87.7 Å². The zero-order valence-electron chi connectivity index (χ0n) is 11.3. The number of nitrogens with zero attached hydrogens (tertiary/aromatic N) is 2. The summed E-state index contributed by atoms with van der Waals surface area (Å²) in [5.74, 6) is -1.12. The third-order valence-electron chi connectivity index (χ3n) is 3.61. The first-order valence-electron chi connectivity index (χ1n) is 6.65. The average Bonchev–Trinajstić information content (AvgIpc) is 2.79. The van der Waals surface area contributed by atoms with Gasteiger partial charge in [-0.2, -0.15) is 0 Å². The van der Waals surface area contributed by atoms with Gasteiger partial charge in [-0.15, -0.1) is 0 Å². The van der Waals surface area contributed by atoms with Gasteiger partial charge in [-0.1, -0.05) is 0 Å². The quantitative estimate of drug-likeness (QED) is 0.583. The number of ether oxygens (including phenoxy) is 1. The lowest BCUT2D eigenvalue weighted by molar-refractivity contribution is -0.141. The molecule has 2 unspecified atom stereocenters. The molecule has 0 aromatic rings. The van der Waals surface area contributed by atoms with Crippen LogP contribution in [0.1, 0.15) is 13.3 Å². The van der Waals surface area contributed by atoms with Crippen LogP contribution in [0.3, 0.4) is 0 Å². The van der Waals surface area contributed by atoms with E-state index in [1.807, 2.05) is 0 Å². The molecule has 2 amide bonds. The van der Waals surface area contributed by atoms with E-state index in [-0.39, 0.29) is 32.2 Å². The number of urea groups is 1. The van der Waals surface area contributed by atoms with Gasteiger partial charge in [0.25, 0.3) is 0 Å². The van der Waals surface area contributed by atoms with Gasteiger partial charge < -0.3 is 29.9 Å². The van der Waals surface area contributed by atoms with Crippen molar-refractivity contribution in [2.45, 2.75) is 37.7 Å². The lowest BCUT2D eigenvalue weighted by atomic mass is 10.2. The van der Waals surface area contributed by atoms with Crippen molar-refractivity contribution in [2.24, 2.45) is 0 Å². The largest absolute Gasteiger partial charge is 0.480 e. The Morgan fingerprint density at radius 1 is 1.30 bits per heavy atom. The van der Waals surface area contributed by atoms with Gasteiger partial charge in [-0.05, 0) is 6.92 Å². The molecule has 0 radical (unpaired) electrons. The summed E-state index contributed by atoms with van der Waals surface area (Å²) in [6.07, 6.45) is -1.45. The van der Waals surface area contributed by atoms with Crippen molar-refractivity contribution >= 4 is 12.0 Å². The number of rotatable bonds is 2. The van der Waals surface area contributed by atoms with Gasteiger partial charge in [-0.25, -0.2) is 9.59 Å². The molecular weight excluding hydrogens is 268 g/mol. The van der Waals surface area contributed by atoms with E-state index in [4.69, 9.17) is 14.9 Å². The predicted octanol–water partition coefficient (Wildman–Crippen LogP) is -1.29. The number of carbonyl (C=O) groups is 2. The van der Waals surface area contributed by atoms with Gasteiger partial charge in [-0.3, -0.25) is 0 Å². The minimum absolute atomic E-state index is 0.0192. The topological polar surface area (TPSA) is 111 Å². The number of morpholine rings is 1. The Hall–Kier alpha value is -1.38. The van der Waals surface area contributed by atoms with E-state index in [0.717, 1.165) is 0 Å². The van der Waals surface area contributed by atoms with Crippen LogP contribution in [0.25, 0.3) is 0 Å². The Balaban J connectivity index is 2.07. The Morgan fingerprint density at radius 2 is 2.00 bits per heavy atom. The van der Waals surface area contributed by atoms with E-state index >= 15 is 0 Å². The maximum absolute atomic E-state index is 12.4. The van der Waals surface area contributed by atoms with Crippen LogP contribution in [0.15, 0.2) is 0 Å². The molecule has 2 saturated heterocycles. The van der Waals surface area contributed by atoms with Crippen molar-refractivity contribution in [1.82, 2.24) is 9.80 Å². The molecule has 20 heavy (non-hydrogen) atoms. The molecule has 114 valence electrons. The Bertz CT molecular complexity index is 390. The number of carbonyl (C=O) groups excluding carboxylic acids is 1. The minimum Gasteiger partial charge on any atom is -0.480 e. The molecule has 0 bridgehead atoms. The molecular formula is C12H20N2O6. The zero-order valence-corrected chi connectivity index (χ0v) is 11.3. The minimum atomic E-state index is -1.12. The number of aliphatic hydroxyl groups is 2. The van der Waals surface area contributed by atoms with Crippen molar-refractivity contribution in [3.05, 3.63) is 0 Å². The molecule has 2 fully saturated rings. The number of carboxylic acid groups (broad SMARTS) is 1. The van der Waals surface area contributed by atoms with Crippen LogP contribution in [0, 0.1) is 0 Å². The summed E-state index contributed by atoms with van der Waals surface area (Å²) in [5.41, 5.74) is 0. The highest BCUT2D eigenvalue weighted by Crippen LogP contribution is 2.22. The highest BCUT2D eigenvalue weighted by molar-refractivity contribution is 5.83. The third-order valence-corrected chi connectivity index (χ3v) is 3.61. The Labute approximate surface area is 116 Å². The molecule has 0 aromatic carbocycles. The number of hydrogen-bond acceptors (Lipinski definition) is 5. The van der Waals surface area contributed by atoms with Crippen molar-refractivity contribution in [2.75, 3.05) is 26.2 Å². The average molecular weight is 288 g/mol. The lowest BCUT2D eigenvalue weighted by Gasteiger charge is -2.38. The summed E-state index contributed by atoms with van der Waals surface area (Å²) in [7, 11) is 0. The van der Waals surface area contributed by atoms with Gasteiger partial charge in [0, 0.05) is 19.5 Å². The summed E-state index contributed by atoms with van der Waals surface area (Å²) in [6, 6.07) is -1.43. The number of aliphatic carboxylic acids is 1. The van der Waals surface area contributed by atoms with Crippen molar-refractivity contribution in [3.8, 4) is 0 Å². The van der Waals surface area contributed by atoms with Gasteiger partial charge >= 0.3 is 12.0 Å². The van der Waals surface area contributed by atoms with Crippen molar-refractivity contribution in [3.63, 3.8) is 0 Å². The predicted molar refractivity (Wildman–Crippen MR) is 67.1 cm³/mol. The number of amides is 2. The van der Waals surface area contributed by atoms with Gasteiger partial charge in [0.05, 0.1) is 31.5 Å². The van der Waals surface area contributed by atoms with Crippen LogP contribution in [0.2, 0.25) is 0 Å². The monoisotopic (exact) mass is 288 g/mol. The second kappa shape index (κ2) is 5.94. The Kier molecular flexibility index (Phi) is 4.46. The third kappa shape index (κ3) is 3.02. The molecule has 2 heterocycles. The van der Waals surface area contributed by atoms with Gasteiger partial charge in [0.1, 0.15) is 6.04 Å². The van der Waals surface area contributed by atoms with Crippen LogP contribution in [0.5, 0.6) is 0 Å². The number of likely N-dealkylation sites (tertiary alicyclic amines) is 1. The molecule has 8 heteroatoms. The number of aliphatic hydroxyl groups excluding tert-OH is 2. The van der Waals surface area contributed by atoms with E-state index < -0.39 is 30.3 Å². The highest BCUT2D eigenvalue weighted by atomic mass is 16.5. The molecule has 8 nitrogen and oxygen atoms in total. The van der Waals surface area contributed by atoms with Crippen molar-refractivity contribution in [1.29, 1.82) is 0 Å². The maximum Gasteiger partial charge on any atom is 0.326 e. The molecule has 0 aliphatic carbocycles. The number of β-amino-alcohol motifs (C(OH)–C–C–N with tert-alkyl or cyclic N) is 1. The summed E-state index contributed by atoms with van der Waals surface area (Å²) in [6.45, 7) is 2.17. The van der Waals surface area contributed by atoms with Gasteiger partial charge in [0.2, 0.25) is 0 Å². The molecule has 0 saturated carbocycles. The SMILES string of the molecule is CC1CN(C(=O)N2C[C@@H](O)C[C@H]2C(=O)O)CC(CO)O1. The molecule has 2 aliphatic heterocycles. The molecule has 2 aliphatic rings. The fourth-order valence-corrected chi connectivity index (χ4v) is 2.74. The van der Waals surface area contributed by atoms with Crippen LogP contribution in [-0.2, 0) is 9.53 Å². The Morgan fingerprint density at radius 3 is 2.60 bits per heavy atom. The first-order valence-corrected chi connectivity index (χ1v) is 6.65. The summed E-state index contributed by atoms with van der Waals surface area (Å²) < 4.78 is 5.45. The maximum atomic E-state index is 12.4. The van der Waals surface area contributed by atoms with E-state index in [1.165, 1.54) is 9.80 Å². The standard InChI is InChI=1S/C12H20N2O6/c1-7-3-13(5-9(6-15)20-7)12(19)14-4-8(16)2-10(14)11(17)18/h7-10,15-16H,2-6H2,1H3,(H,17,18)/t7?,8-,9?,10-/m0/s1. The summed E-state index contributed by atoms with van der Waals surface area (Å²) in [4.78, 5) is 26.2. The zero-order chi connectivity index (χ0) is 14.9. The molecule has 0 aromatic heterocycles. The highest BCUT2D eigenvalue weighted by Gasteiger charge is 2.42. The fraction of sp³-hybridized carbons (Fsp3) is 0.833. The van der Waals surface area contributed by atoms with E-state index in [2.05, 4.69) is 0 Å². The van der Waals surface area contributed by atoms with Gasteiger partial charge in [0.15, 0.2) is 0 Å². The van der Waals surface area contributed by atoms with E-state index in [9.17, 15) is 14.7 Å². The van der Waals surface area contributed by atoms with E-state index in [0.29, 0.717) is 6.54 Å². The number of carboxylic acids is 1. The first-order chi connectivity index (χ1) is 9.42. The summed E-state index contributed by atoms with van der Waals surface area (Å²) in [5, 5.41) is 27.8. The van der Waals surface area contributed by atoms with E-state index in [1.54, 1.807) is 6.92 Å². The fourth-order valence-electron chi connectivity index (χ4n) is 2.74. The molecule has 3 N–H and O–H groups in total. The van der Waals surface area contributed by atoms with Crippen LogP contribution >= 0.6 is 0 Å². The molecule has 2 rings (SSSR count). The van der Waals surface area contributed by atoms with Crippen LogP contribution in [0.4, 0.5) is 4.79 Å². The lowest BCUT2D eigenvalue weighted by Crippen LogP contribution is -2.56. The number of hydrogen-bond donors (Lipinski definition) is 3. The summed E-state index contributed by atoms with van der Waals surface area (Å²) >= 11 is 0. The van der Waals surface area contributed by atoms with Crippen molar-refractivity contribution < 1.29 is 29.6 Å². The first kappa shape index (κ1) is 15.0. The normalized spacial score (nSPS) is 34.4. The molecule has 4 atom stereocenters. The second-order valence-electron chi connectivity index (χ2n) is 5.33. The van der Waals surface area contributed by atoms with Crippen LogP contribution < -0.4 is 0 Å². The second-order valence-corrected chi connectivity index (χ2v) is 5.33. The smallest absolute Gasteiger partial charge is 0.326 e.